The number of rotatable bonds is 5. The lowest BCUT2D eigenvalue weighted by Gasteiger charge is -2.13. The fourth-order valence-electron chi connectivity index (χ4n) is 1.28. The first kappa shape index (κ1) is 14.3. The summed E-state index contributed by atoms with van der Waals surface area (Å²) in [6, 6.07) is 3.01. The Bertz CT molecular complexity index is 553. The summed E-state index contributed by atoms with van der Waals surface area (Å²) in [7, 11) is -3.85. The molecule has 0 radical (unpaired) electrons. The van der Waals surface area contributed by atoms with E-state index < -0.39 is 16.2 Å². The predicted octanol–water partition coefficient (Wildman–Crippen LogP) is 0.745. The molecule has 0 fully saturated rings. The van der Waals surface area contributed by atoms with Crippen LogP contribution in [0.1, 0.15) is 24.2 Å². The van der Waals surface area contributed by atoms with Crippen molar-refractivity contribution in [1.29, 1.82) is 0 Å². The molecule has 0 heterocycles. The molecular formula is C10H14N2O5S. The lowest BCUT2D eigenvalue weighted by molar-refractivity contribution is 0.0697. The molecule has 0 aliphatic heterocycles. The van der Waals surface area contributed by atoms with Crippen LogP contribution in [0, 0.1) is 0 Å². The zero-order valence-corrected chi connectivity index (χ0v) is 10.7. The van der Waals surface area contributed by atoms with Crippen molar-refractivity contribution in [3.63, 3.8) is 0 Å². The van der Waals surface area contributed by atoms with E-state index >= 15 is 0 Å². The maximum Gasteiger partial charge on any atom is 0.337 e. The fraction of sp³-hybridized carbons (Fsp3) is 0.300. The maximum absolute atomic E-state index is 11.6. The second-order valence-electron chi connectivity index (χ2n) is 3.91. The van der Waals surface area contributed by atoms with Crippen LogP contribution in [-0.4, -0.2) is 30.6 Å². The van der Waals surface area contributed by atoms with E-state index in [0.717, 1.165) is 6.07 Å². The number of carboxylic acids is 1. The summed E-state index contributed by atoms with van der Waals surface area (Å²) in [5.41, 5.74) is -0.447. The van der Waals surface area contributed by atoms with Gasteiger partial charge in [-0.2, -0.15) is 13.1 Å². The molecule has 4 N–H and O–H groups in total. The third-order valence-corrected chi connectivity index (χ3v) is 3.14. The Morgan fingerprint density at radius 3 is 2.44 bits per heavy atom. The van der Waals surface area contributed by atoms with E-state index in [9.17, 15) is 18.3 Å². The smallest absolute Gasteiger partial charge is 0.337 e. The van der Waals surface area contributed by atoms with Crippen LogP contribution in [0.4, 0.5) is 5.69 Å². The van der Waals surface area contributed by atoms with Gasteiger partial charge in [0, 0.05) is 6.04 Å². The Balaban J connectivity index is 3.08. The van der Waals surface area contributed by atoms with Crippen LogP contribution in [0.15, 0.2) is 18.2 Å². The Morgan fingerprint density at radius 2 is 1.94 bits per heavy atom. The molecule has 0 amide bonds. The molecular weight excluding hydrogens is 260 g/mol. The number of carbonyl (C=O) groups is 1. The molecule has 100 valence electrons. The number of anilines is 1. The Kier molecular flexibility index (Phi) is 4.15. The highest BCUT2D eigenvalue weighted by Crippen LogP contribution is 2.22. The van der Waals surface area contributed by atoms with Crippen LogP contribution in [0.5, 0.6) is 5.75 Å². The van der Waals surface area contributed by atoms with Gasteiger partial charge in [-0.1, -0.05) is 0 Å². The van der Waals surface area contributed by atoms with Crippen LogP contribution in [0.3, 0.4) is 0 Å². The molecule has 7 nitrogen and oxygen atoms in total. The first-order valence-corrected chi connectivity index (χ1v) is 6.56. The van der Waals surface area contributed by atoms with Crippen molar-refractivity contribution in [3.05, 3.63) is 23.8 Å². The minimum Gasteiger partial charge on any atom is -0.508 e. The van der Waals surface area contributed by atoms with Crippen molar-refractivity contribution in [2.24, 2.45) is 0 Å². The number of hydrogen-bond donors (Lipinski definition) is 4. The van der Waals surface area contributed by atoms with E-state index in [1.807, 2.05) is 0 Å². The third-order valence-electron chi connectivity index (χ3n) is 1.87. The highest BCUT2D eigenvalue weighted by atomic mass is 32.2. The van der Waals surface area contributed by atoms with Gasteiger partial charge in [-0.3, -0.25) is 4.72 Å². The number of benzene rings is 1. The van der Waals surface area contributed by atoms with E-state index in [4.69, 9.17) is 5.11 Å². The molecule has 0 spiro atoms. The molecule has 0 bridgehead atoms. The van der Waals surface area contributed by atoms with Crippen molar-refractivity contribution in [2.45, 2.75) is 19.9 Å². The minimum absolute atomic E-state index is 0.117. The van der Waals surface area contributed by atoms with E-state index in [1.54, 1.807) is 13.8 Å². The van der Waals surface area contributed by atoms with Crippen molar-refractivity contribution in [1.82, 2.24) is 4.72 Å². The van der Waals surface area contributed by atoms with Gasteiger partial charge in [-0.05, 0) is 32.0 Å². The normalized spacial score (nSPS) is 11.5. The Morgan fingerprint density at radius 1 is 1.33 bits per heavy atom. The number of hydrogen-bond acceptors (Lipinski definition) is 4. The van der Waals surface area contributed by atoms with E-state index in [-0.39, 0.29) is 23.0 Å². The number of phenols is 1. The first-order valence-electron chi connectivity index (χ1n) is 5.07. The lowest BCUT2D eigenvalue weighted by Crippen LogP contribution is -2.35. The highest BCUT2D eigenvalue weighted by Gasteiger charge is 2.17. The van der Waals surface area contributed by atoms with Gasteiger partial charge >= 0.3 is 5.97 Å². The van der Waals surface area contributed by atoms with E-state index in [0.29, 0.717) is 0 Å². The molecule has 18 heavy (non-hydrogen) atoms. The zero-order valence-electron chi connectivity index (χ0n) is 9.84. The zero-order chi connectivity index (χ0) is 13.9. The summed E-state index contributed by atoms with van der Waals surface area (Å²) in [4.78, 5) is 10.9. The van der Waals surface area contributed by atoms with Gasteiger partial charge in [0.15, 0.2) is 0 Å². The van der Waals surface area contributed by atoms with Crippen molar-refractivity contribution in [3.8, 4) is 5.75 Å². The van der Waals surface area contributed by atoms with Crippen molar-refractivity contribution >= 4 is 21.9 Å². The van der Waals surface area contributed by atoms with E-state index in [1.165, 1.54) is 12.1 Å². The van der Waals surface area contributed by atoms with Gasteiger partial charge < -0.3 is 10.2 Å². The minimum atomic E-state index is -3.85. The van der Waals surface area contributed by atoms with Crippen LogP contribution in [0.2, 0.25) is 0 Å². The summed E-state index contributed by atoms with van der Waals surface area (Å²) < 4.78 is 27.5. The maximum atomic E-state index is 11.6. The second-order valence-corrected chi connectivity index (χ2v) is 5.36. The molecule has 1 rings (SSSR count). The molecule has 0 atom stereocenters. The highest BCUT2D eigenvalue weighted by molar-refractivity contribution is 7.90. The van der Waals surface area contributed by atoms with Crippen molar-refractivity contribution in [2.75, 3.05) is 4.72 Å². The average molecular weight is 274 g/mol. The molecule has 0 aliphatic carbocycles. The van der Waals surface area contributed by atoms with Gasteiger partial charge in [0.1, 0.15) is 5.75 Å². The molecule has 1 aromatic carbocycles. The summed E-state index contributed by atoms with van der Waals surface area (Å²) in [5, 5.41) is 18.1. The van der Waals surface area contributed by atoms with Crippen LogP contribution in [-0.2, 0) is 10.2 Å². The number of aromatic carboxylic acids is 1. The van der Waals surface area contributed by atoms with Crippen LogP contribution < -0.4 is 9.44 Å². The summed E-state index contributed by atoms with van der Waals surface area (Å²) in [6.45, 7) is 3.27. The fourth-order valence-corrected chi connectivity index (χ4v) is 2.43. The Hall–Kier alpha value is -1.80. The first-order chi connectivity index (χ1) is 8.21. The third kappa shape index (κ3) is 3.90. The standard InChI is InChI=1S/C10H14N2O5S/c1-6(2)11-18(16,17)12-9-4-3-7(13)5-8(9)10(14)15/h3-6,11-13H,1-2H3,(H,14,15). The topological polar surface area (TPSA) is 116 Å². The van der Waals surface area contributed by atoms with Gasteiger partial charge in [-0.15, -0.1) is 0 Å². The summed E-state index contributed by atoms with van der Waals surface area (Å²) >= 11 is 0. The van der Waals surface area contributed by atoms with Gasteiger partial charge in [-0.25, -0.2) is 4.79 Å². The quantitative estimate of drug-likeness (QED) is 0.591. The lowest BCUT2D eigenvalue weighted by atomic mass is 10.2. The molecule has 0 saturated carbocycles. The van der Waals surface area contributed by atoms with Gasteiger partial charge in [0.2, 0.25) is 0 Å². The molecule has 0 aliphatic rings. The molecule has 0 unspecified atom stereocenters. The van der Waals surface area contributed by atoms with Crippen LogP contribution >= 0.6 is 0 Å². The number of nitrogens with one attached hydrogen (secondary N) is 2. The largest absolute Gasteiger partial charge is 0.508 e. The van der Waals surface area contributed by atoms with Crippen molar-refractivity contribution < 1.29 is 23.4 Å². The van der Waals surface area contributed by atoms with E-state index in [2.05, 4.69) is 9.44 Å². The Labute approximate surface area is 105 Å². The number of aromatic hydroxyl groups is 1. The molecule has 0 saturated heterocycles. The van der Waals surface area contributed by atoms with Gasteiger partial charge in [0.05, 0.1) is 11.3 Å². The summed E-state index contributed by atoms with van der Waals surface area (Å²) in [6.07, 6.45) is 0. The molecule has 0 aromatic heterocycles. The monoisotopic (exact) mass is 274 g/mol. The number of carboxylic acid groups (broad SMARTS) is 1. The average Bonchev–Trinajstić information content (AvgIpc) is 2.18. The predicted molar refractivity (Wildman–Crippen MR) is 65.9 cm³/mol. The van der Waals surface area contributed by atoms with Crippen LogP contribution in [0.25, 0.3) is 0 Å². The molecule has 8 heteroatoms. The van der Waals surface area contributed by atoms with Gasteiger partial charge in [0.25, 0.3) is 10.2 Å². The second kappa shape index (κ2) is 5.23. The SMILES string of the molecule is CC(C)NS(=O)(=O)Nc1ccc(O)cc1C(=O)O. The summed E-state index contributed by atoms with van der Waals surface area (Å²) in [5.74, 6) is -1.60. The molecule has 1 aromatic rings. The number of phenolic OH excluding ortho intramolecular Hbond substituents is 1.